The molecule has 0 aliphatic heterocycles. The van der Waals surface area contributed by atoms with E-state index >= 15 is 0 Å². The summed E-state index contributed by atoms with van der Waals surface area (Å²) in [7, 11) is 0. The molecule has 0 saturated heterocycles. The van der Waals surface area contributed by atoms with E-state index in [0.29, 0.717) is 69.9 Å². The van der Waals surface area contributed by atoms with Crippen LogP contribution in [-0.2, 0) is 16.0 Å². The number of hydrogen-bond donors (Lipinski definition) is 4. The maximum Gasteiger partial charge on any atom is 0.229 e. The van der Waals surface area contributed by atoms with Crippen LogP contribution >= 0.6 is 0 Å². The first-order chi connectivity index (χ1) is 14.2. The lowest BCUT2D eigenvalue weighted by Crippen LogP contribution is -2.17. The number of anilines is 3. The highest BCUT2D eigenvalue weighted by atomic mass is 19.1. The fourth-order valence-electron chi connectivity index (χ4n) is 2.48. The lowest BCUT2D eigenvalue weighted by Gasteiger charge is -2.11. The molecule has 0 spiro atoms. The van der Waals surface area contributed by atoms with E-state index in [9.17, 15) is 4.39 Å². The Balaban J connectivity index is 1.50. The van der Waals surface area contributed by atoms with Gasteiger partial charge in [0.25, 0.3) is 0 Å². The molecule has 9 nitrogen and oxygen atoms in total. The number of rotatable bonds is 14. The van der Waals surface area contributed by atoms with Crippen molar-refractivity contribution in [2.75, 3.05) is 55.5 Å². The van der Waals surface area contributed by atoms with Gasteiger partial charge in [0.15, 0.2) is 0 Å². The standard InChI is InChI=1S/C19H28FN7O2/c20-15-3-1-2-14(12-15)13-23-18-25-17(26-19(27-18)24-16-4-5-16)22-7-9-29-11-10-28-8-6-21/h1-3,12,16H,4-11,13,21H2,(H3,22,23,24,25,26,27). The number of nitrogens with one attached hydrogen (secondary N) is 3. The average Bonchev–Trinajstić information content (AvgIpc) is 3.52. The van der Waals surface area contributed by atoms with Crippen LogP contribution in [-0.4, -0.2) is 60.5 Å². The van der Waals surface area contributed by atoms with Crippen molar-refractivity contribution in [3.63, 3.8) is 0 Å². The van der Waals surface area contributed by atoms with E-state index in [2.05, 4.69) is 30.9 Å². The summed E-state index contributed by atoms with van der Waals surface area (Å²) in [5, 5.41) is 9.54. The number of nitrogens with zero attached hydrogens (tertiary/aromatic N) is 3. The Morgan fingerprint density at radius 3 is 2.41 bits per heavy atom. The van der Waals surface area contributed by atoms with Gasteiger partial charge in [-0.1, -0.05) is 12.1 Å². The number of halogens is 1. The molecule has 2 aromatic rings. The van der Waals surface area contributed by atoms with E-state index in [4.69, 9.17) is 15.2 Å². The number of aromatic nitrogens is 3. The normalized spacial score (nSPS) is 13.3. The smallest absolute Gasteiger partial charge is 0.229 e. The van der Waals surface area contributed by atoms with E-state index in [1.807, 2.05) is 6.07 Å². The third kappa shape index (κ3) is 8.14. The molecule has 1 aromatic carbocycles. The summed E-state index contributed by atoms with van der Waals surface area (Å²) >= 11 is 0. The zero-order chi connectivity index (χ0) is 20.3. The van der Waals surface area contributed by atoms with Crippen molar-refractivity contribution in [1.29, 1.82) is 0 Å². The molecular formula is C19H28FN7O2. The van der Waals surface area contributed by atoms with Crippen molar-refractivity contribution in [1.82, 2.24) is 15.0 Å². The molecule has 3 rings (SSSR count). The molecule has 1 aromatic heterocycles. The molecule has 29 heavy (non-hydrogen) atoms. The summed E-state index contributed by atoms with van der Waals surface area (Å²) in [5.41, 5.74) is 6.16. The minimum Gasteiger partial charge on any atom is -0.378 e. The summed E-state index contributed by atoms with van der Waals surface area (Å²) in [6.07, 6.45) is 2.22. The molecule has 5 N–H and O–H groups in total. The highest BCUT2D eigenvalue weighted by Gasteiger charge is 2.22. The molecule has 1 heterocycles. The molecule has 1 saturated carbocycles. The Morgan fingerprint density at radius 1 is 0.966 bits per heavy atom. The van der Waals surface area contributed by atoms with Gasteiger partial charge in [-0.2, -0.15) is 15.0 Å². The van der Waals surface area contributed by atoms with Crippen LogP contribution in [0.25, 0.3) is 0 Å². The van der Waals surface area contributed by atoms with E-state index in [1.54, 1.807) is 6.07 Å². The fraction of sp³-hybridized carbons (Fsp3) is 0.526. The predicted octanol–water partition coefficient (Wildman–Crippen LogP) is 1.60. The van der Waals surface area contributed by atoms with Crippen LogP contribution in [0.3, 0.4) is 0 Å². The molecule has 0 atom stereocenters. The third-order valence-electron chi connectivity index (χ3n) is 4.05. The second-order valence-corrected chi connectivity index (χ2v) is 6.65. The minimum atomic E-state index is -0.271. The van der Waals surface area contributed by atoms with E-state index < -0.39 is 0 Å². The molecule has 1 aliphatic rings. The number of nitrogens with two attached hydrogens (primary N) is 1. The number of ether oxygens (including phenoxy) is 2. The largest absolute Gasteiger partial charge is 0.378 e. The maximum atomic E-state index is 13.3. The molecule has 0 unspecified atom stereocenters. The maximum absolute atomic E-state index is 13.3. The Morgan fingerprint density at radius 2 is 1.69 bits per heavy atom. The lowest BCUT2D eigenvalue weighted by atomic mass is 10.2. The predicted molar refractivity (Wildman–Crippen MR) is 109 cm³/mol. The Hall–Kier alpha value is -2.56. The first-order valence-electron chi connectivity index (χ1n) is 9.83. The molecule has 158 valence electrons. The van der Waals surface area contributed by atoms with Crippen LogP contribution in [0.5, 0.6) is 0 Å². The lowest BCUT2D eigenvalue weighted by molar-refractivity contribution is 0.0547. The van der Waals surface area contributed by atoms with Crippen LogP contribution < -0.4 is 21.7 Å². The SMILES string of the molecule is NCCOCCOCCNc1nc(NCc2cccc(F)c2)nc(NC2CC2)n1. The number of hydrogen-bond acceptors (Lipinski definition) is 9. The van der Waals surface area contributed by atoms with Gasteiger partial charge in [-0.25, -0.2) is 4.39 Å². The first-order valence-corrected chi connectivity index (χ1v) is 9.83. The van der Waals surface area contributed by atoms with Gasteiger partial charge in [0.2, 0.25) is 17.8 Å². The molecule has 0 amide bonds. The van der Waals surface area contributed by atoms with Crippen molar-refractivity contribution in [2.45, 2.75) is 25.4 Å². The zero-order valence-corrected chi connectivity index (χ0v) is 16.4. The van der Waals surface area contributed by atoms with Crippen LogP contribution in [0.2, 0.25) is 0 Å². The molecular weight excluding hydrogens is 377 g/mol. The number of benzene rings is 1. The van der Waals surface area contributed by atoms with Crippen LogP contribution in [0.15, 0.2) is 24.3 Å². The van der Waals surface area contributed by atoms with Gasteiger partial charge in [-0.3, -0.25) is 0 Å². The Bertz CT molecular complexity index is 761. The highest BCUT2D eigenvalue weighted by Crippen LogP contribution is 2.23. The van der Waals surface area contributed by atoms with Crippen molar-refractivity contribution < 1.29 is 13.9 Å². The van der Waals surface area contributed by atoms with Crippen molar-refractivity contribution >= 4 is 17.8 Å². The summed E-state index contributed by atoms with van der Waals surface area (Å²) in [6.45, 7) is 3.53. The van der Waals surface area contributed by atoms with Crippen LogP contribution in [0, 0.1) is 5.82 Å². The van der Waals surface area contributed by atoms with Gasteiger partial charge in [-0.05, 0) is 30.5 Å². The molecule has 1 fully saturated rings. The van der Waals surface area contributed by atoms with Gasteiger partial charge in [0.05, 0.1) is 26.4 Å². The Kier molecular flexibility index (Phi) is 8.35. The van der Waals surface area contributed by atoms with Gasteiger partial charge >= 0.3 is 0 Å². The highest BCUT2D eigenvalue weighted by molar-refractivity contribution is 5.43. The summed E-state index contributed by atoms with van der Waals surface area (Å²) < 4.78 is 24.1. The molecule has 1 aliphatic carbocycles. The monoisotopic (exact) mass is 405 g/mol. The van der Waals surface area contributed by atoms with Gasteiger partial charge in [0, 0.05) is 25.7 Å². The van der Waals surface area contributed by atoms with E-state index in [1.165, 1.54) is 12.1 Å². The topological polar surface area (TPSA) is 119 Å². The molecule has 0 radical (unpaired) electrons. The quantitative estimate of drug-likeness (QED) is 0.347. The van der Waals surface area contributed by atoms with Crippen LogP contribution in [0.4, 0.5) is 22.2 Å². The van der Waals surface area contributed by atoms with Crippen molar-refractivity contribution in [3.8, 4) is 0 Å². The van der Waals surface area contributed by atoms with Gasteiger partial charge in [-0.15, -0.1) is 0 Å². The van der Waals surface area contributed by atoms with Crippen LogP contribution in [0.1, 0.15) is 18.4 Å². The fourth-order valence-corrected chi connectivity index (χ4v) is 2.48. The zero-order valence-electron chi connectivity index (χ0n) is 16.4. The van der Waals surface area contributed by atoms with E-state index in [0.717, 1.165) is 18.4 Å². The average molecular weight is 405 g/mol. The second kappa shape index (κ2) is 11.4. The van der Waals surface area contributed by atoms with E-state index in [-0.39, 0.29) is 5.82 Å². The molecule has 0 bridgehead atoms. The van der Waals surface area contributed by atoms with Gasteiger partial charge < -0.3 is 31.2 Å². The third-order valence-corrected chi connectivity index (χ3v) is 4.05. The van der Waals surface area contributed by atoms with Crippen molar-refractivity contribution in [2.24, 2.45) is 5.73 Å². The van der Waals surface area contributed by atoms with Crippen molar-refractivity contribution in [3.05, 3.63) is 35.6 Å². The van der Waals surface area contributed by atoms with Gasteiger partial charge in [0.1, 0.15) is 5.82 Å². The summed E-state index contributed by atoms with van der Waals surface area (Å²) in [5.74, 6) is 1.12. The second-order valence-electron chi connectivity index (χ2n) is 6.65. The summed E-state index contributed by atoms with van der Waals surface area (Å²) in [4.78, 5) is 13.2. The Labute approximate surface area is 169 Å². The first kappa shape index (κ1) is 21.2. The summed E-state index contributed by atoms with van der Waals surface area (Å²) in [6, 6.07) is 6.82. The molecule has 10 heteroatoms. The minimum absolute atomic E-state index is 0.271.